The summed E-state index contributed by atoms with van der Waals surface area (Å²) in [6, 6.07) is 0. The fraction of sp³-hybridized carbons (Fsp3) is 1.00. The Kier molecular flexibility index (Phi) is 12.0. The van der Waals surface area contributed by atoms with Crippen LogP contribution in [0.4, 0.5) is 0 Å². The molecule has 0 heterocycles. The van der Waals surface area contributed by atoms with Crippen molar-refractivity contribution in [3.05, 3.63) is 0 Å². The maximum absolute atomic E-state index is 8.70. The molecule has 0 amide bonds. The van der Waals surface area contributed by atoms with E-state index in [1.54, 1.807) is 0 Å². The molecule has 20 heavy (non-hydrogen) atoms. The third-order valence-corrected chi connectivity index (χ3v) is 4.68. The van der Waals surface area contributed by atoms with Gasteiger partial charge in [0.15, 0.2) is 0 Å². The van der Waals surface area contributed by atoms with Gasteiger partial charge < -0.3 is 18.8 Å². The largest absolute Gasteiger partial charge is 0.671 e. The van der Waals surface area contributed by atoms with Crippen LogP contribution in [0, 0.1) is 5.41 Å². The molecule has 3 N–H and O–H groups in total. The molecule has 0 radical (unpaired) electrons. The number of unbranched alkanes of at least 4 members (excludes halogenated alkanes) is 2. The predicted octanol–water partition coefficient (Wildman–Crippen LogP) is 2.85. The number of hydrogen-bond acceptors (Lipinski definition) is 4. The van der Waals surface area contributed by atoms with E-state index in [4.69, 9.17) is 49.2 Å². The van der Waals surface area contributed by atoms with Crippen molar-refractivity contribution in [1.82, 2.24) is 0 Å². The van der Waals surface area contributed by atoms with E-state index >= 15 is 0 Å². The summed E-state index contributed by atoms with van der Waals surface area (Å²) in [5.41, 5.74) is 0.107. The molecule has 0 aliphatic carbocycles. The highest BCUT2D eigenvalue weighted by Gasteiger charge is 2.30. The summed E-state index contributed by atoms with van der Waals surface area (Å²) in [6.07, 6.45) is 6.26. The Morgan fingerprint density at radius 1 is 0.750 bits per heavy atom. The molecule has 0 fully saturated rings. The molecule has 0 aromatic heterocycles. The lowest BCUT2D eigenvalue weighted by Gasteiger charge is -2.32. The summed E-state index contributed by atoms with van der Waals surface area (Å²) in [7, 11) is -4.34. The van der Waals surface area contributed by atoms with Crippen molar-refractivity contribution in [3.63, 3.8) is 0 Å². The van der Waals surface area contributed by atoms with E-state index in [0.717, 1.165) is 38.5 Å². The van der Waals surface area contributed by atoms with Crippen molar-refractivity contribution >= 4 is 43.9 Å². The van der Waals surface area contributed by atoms with Gasteiger partial charge >= 0.3 is 9.05 Å². The molecular weight excluding hydrogens is 343 g/mol. The van der Waals surface area contributed by atoms with Crippen LogP contribution in [0.15, 0.2) is 0 Å². The van der Waals surface area contributed by atoms with Gasteiger partial charge in [-0.3, -0.25) is 0 Å². The Hall–Kier alpha value is 0.927. The molecule has 4 nitrogen and oxygen atoms in total. The summed E-state index contributed by atoms with van der Waals surface area (Å²) in [5, 5.41) is 0. The monoisotopic (exact) mass is 366 g/mol. The van der Waals surface area contributed by atoms with Gasteiger partial charge in [-0.2, -0.15) is 0 Å². The Bertz CT molecular complexity index is 222. The number of alkyl halides is 3. The zero-order valence-corrected chi connectivity index (χ0v) is 14.9. The van der Waals surface area contributed by atoms with Gasteiger partial charge in [0.05, 0.1) is 0 Å². The highest BCUT2D eigenvalue weighted by atomic mass is 35.5. The normalized spacial score (nSPS) is 12.9. The average Bonchev–Trinajstić information content (AvgIpc) is 2.33. The zero-order valence-electron chi connectivity index (χ0n) is 11.7. The molecule has 0 spiro atoms. The standard InChI is InChI=1S/C12H25Cl3O4Si/c13-8-5-12(6-9-14,7-10-15)4-2-1-3-11-19-20(16,17)18/h16-18H,1-11H2. The molecule has 0 aliphatic heterocycles. The molecule has 0 saturated heterocycles. The minimum absolute atomic E-state index is 0.107. The van der Waals surface area contributed by atoms with Gasteiger partial charge in [0.1, 0.15) is 0 Å². The van der Waals surface area contributed by atoms with Gasteiger partial charge in [0.2, 0.25) is 0 Å². The van der Waals surface area contributed by atoms with E-state index in [1.807, 2.05) is 0 Å². The third-order valence-electron chi connectivity index (χ3n) is 3.52. The molecule has 0 rings (SSSR count). The minimum atomic E-state index is -4.34. The minimum Gasteiger partial charge on any atom is -0.368 e. The van der Waals surface area contributed by atoms with E-state index in [-0.39, 0.29) is 12.0 Å². The first-order valence-electron chi connectivity index (χ1n) is 6.88. The van der Waals surface area contributed by atoms with Crippen LogP contribution in [-0.2, 0) is 4.43 Å². The first kappa shape index (κ1) is 20.9. The van der Waals surface area contributed by atoms with Crippen molar-refractivity contribution < 1.29 is 18.8 Å². The van der Waals surface area contributed by atoms with Crippen LogP contribution < -0.4 is 0 Å². The van der Waals surface area contributed by atoms with Crippen LogP contribution in [-0.4, -0.2) is 47.7 Å². The fourth-order valence-corrected chi connectivity index (χ4v) is 3.96. The highest BCUT2D eigenvalue weighted by molar-refractivity contribution is 6.48. The maximum Gasteiger partial charge on any atom is 0.671 e. The van der Waals surface area contributed by atoms with Crippen molar-refractivity contribution in [2.75, 3.05) is 24.2 Å². The molecular formula is C12H25Cl3O4Si. The smallest absolute Gasteiger partial charge is 0.368 e. The summed E-state index contributed by atoms with van der Waals surface area (Å²) in [5.74, 6) is 1.81. The quantitative estimate of drug-likeness (QED) is 0.266. The van der Waals surface area contributed by atoms with Crippen LogP contribution in [0.2, 0.25) is 0 Å². The topological polar surface area (TPSA) is 69.9 Å². The van der Waals surface area contributed by atoms with Crippen LogP contribution in [0.25, 0.3) is 0 Å². The van der Waals surface area contributed by atoms with Crippen molar-refractivity contribution in [2.45, 2.75) is 44.9 Å². The molecule has 122 valence electrons. The van der Waals surface area contributed by atoms with E-state index in [1.165, 1.54) is 0 Å². The first-order chi connectivity index (χ1) is 9.39. The van der Waals surface area contributed by atoms with Gasteiger partial charge in [-0.05, 0) is 37.5 Å². The van der Waals surface area contributed by atoms with Crippen molar-refractivity contribution in [2.24, 2.45) is 5.41 Å². The number of rotatable bonds is 13. The molecule has 8 heteroatoms. The SMILES string of the molecule is O[Si](O)(O)OCCCCCC(CCCl)(CCCl)CCCl. The Balaban J connectivity index is 4.00. The van der Waals surface area contributed by atoms with E-state index in [9.17, 15) is 0 Å². The van der Waals surface area contributed by atoms with E-state index in [0.29, 0.717) is 24.1 Å². The fourth-order valence-electron chi connectivity index (χ4n) is 2.34. The highest BCUT2D eigenvalue weighted by Crippen LogP contribution is 2.38. The lowest BCUT2D eigenvalue weighted by Crippen LogP contribution is -2.39. The number of hydrogen-bond donors (Lipinski definition) is 3. The Morgan fingerprint density at radius 3 is 1.65 bits per heavy atom. The maximum atomic E-state index is 8.70. The van der Waals surface area contributed by atoms with Crippen LogP contribution in [0.5, 0.6) is 0 Å². The van der Waals surface area contributed by atoms with Gasteiger partial charge in [-0.25, -0.2) is 0 Å². The van der Waals surface area contributed by atoms with Crippen LogP contribution in [0.1, 0.15) is 44.9 Å². The summed E-state index contributed by atoms with van der Waals surface area (Å²) in [6.45, 7) is 0.156. The van der Waals surface area contributed by atoms with Gasteiger partial charge in [-0.15, -0.1) is 34.8 Å². The van der Waals surface area contributed by atoms with Gasteiger partial charge in [0.25, 0.3) is 0 Å². The van der Waals surface area contributed by atoms with Crippen molar-refractivity contribution in [3.8, 4) is 0 Å². The molecule has 0 aliphatic rings. The Labute approximate surface area is 137 Å². The summed E-state index contributed by atoms with van der Waals surface area (Å²) in [4.78, 5) is 26.1. The number of halogens is 3. The Morgan fingerprint density at radius 2 is 1.25 bits per heavy atom. The third kappa shape index (κ3) is 10.6. The van der Waals surface area contributed by atoms with Gasteiger partial charge in [0, 0.05) is 24.2 Å². The lowest BCUT2D eigenvalue weighted by atomic mass is 9.75. The predicted molar refractivity (Wildman–Crippen MR) is 85.3 cm³/mol. The zero-order chi connectivity index (χ0) is 15.5. The molecule has 0 bridgehead atoms. The molecule has 0 aromatic rings. The van der Waals surface area contributed by atoms with Gasteiger partial charge in [-0.1, -0.05) is 12.8 Å². The second kappa shape index (κ2) is 11.5. The molecule has 0 aromatic carbocycles. The molecule has 0 saturated carbocycles. The van der Waals surface area contributed by atoms with Crippen LogP contribution >= 0.6 is 34.8 Å². The van der Waals surface area contributed by atoms with Crippen molar-refractivity contribution in [1.29, 1.82) is 0 Å². The van der Waals surface area contributed by atoms with E-state index < -0.39 is 9.05 Å². The first-order valence-corrected chi connectivity index (χ1v) is 10.2. The second-order valence-electron chi connectivity index (χ2n) is 5.05. The lowest BCUT2D eigenvalue weighted by molar-refractivity contribution is 0.0614. The van der Waals surface area contributed by atoms with E-state index in [2.05, 4.69) is 4.43 Å². The molecule has 0 atom stereocenters. The molecule has 0 unspecified atom stereocenters. The van der Waals surface area contributed by atoms with Crippen LogP contribution in [0.3, 0.4) is 0 Å². The average molecular weight is 368 g/mol. The second-order valence-corrected chi connectivity index (χ2v) is 7.62. The summed E-state index contributed by atoms with van der Waals surface area (Å²) < 4.78 is 4.55. The summed E-state index contributed by atoms with van der Waals surface area (Å²) >= 11 is 17.7.